The first-order chi connectivity index (χ1) is 17.0. The minimum absolute atomic E-state index is 0.162. The molecule has 0 radical (unpaired) electrons. The Balaban J connectivity index is 1.43. The molecule has 10 nitrogen and oxygen atoms in total. The van der Waals surface area contributed by atoms with Gasteiger partial charge >= 0.3 is 0 Å². The maximum Gasteiger partial charge on any atom is 0.253 e. The third kappa shape index (κ3) is 5.79. The highest BCUT2D eigenvalue weighted by atomic mass is 35.5. The van der Waals surface area contributed by atoms with Crippen LogP contribution in [-0.2, 0) is 4.79 Å². The number of halogens is 1. The van der Waals surface area contributed by atoms with Crippen LogP contribution in [-0.4, -0.2) is 47.1 Å². The molecule has 2 aromatic carbocycles. The number of nitrogens with one attached hydrogen (secondary N) is 4. The lowest BCUT2D eigenvalue weighted by Crippen LogP contribution is -2.39. The van der Waals surface area contributed by atoms with E-state index in [1.165, 1.54) is 6.20 Å². The molecule has 182 valence electrons. The molecular formula is C24H26ClN7O3. The van der Waals surface area contributed by atoms with Crippen molar-refractivity contribution >= 4 is 52.2 Å². The lowest BCUT2D eigenvalue weighted by molar-refractivity contribution is -0.134. The molecular weight excluding hydrogens is 470 g/mol. The Morgan fingerprint density at radius 2 is 1.77 bits per heavy atom. The molecule has 35 heavy (non-hydrogen) atoms. The molecule has 0 aliphatic carbocycles. The number of hydrogen-bond acceptors (Lipinski definition) is 8. The van der Waals surface area contributed by atoms with E-state index in [0.29, 0.717) is 40.9 Å². The maximum atomic E-state index is 12.2. The minimum Gasteiger partial charge on any atom is -0.371 e. The summed E-state index contributed by atoms with van der Waals surface area (Å²) in [6.07, 6.45) is 2.86. The third-order valence-electron chi connectivity index (χ3n) is 5.86. The average molecular weight is 496 g/mol. The van der Waals surface area contributed by atoms with Crippen LogP contribution in [0.4, 0.5) is 28.8 Å². The first-order valence-electron chi connectivity index (χ1n) is 11.1. The Morgan fingerprint density at radius 3 is 2.46 bits per heavy atom. The summed E-state index contributed by atoms with van der Waals surface area (Å²) in [5, 5.41) is 18.0. The molecule has 0 spiro atoms. The molecule has 0 bridgehead atoms. The van der Waals surface area contributed by atoms with Crippen LogP contribution >= 0.6 is 11.6 Å². The topological polar surface area (TPSA) is 132 Å². The Kier molecular flexibility index (Phi) is 7.64. The Bertz CT molecular complexity index is 1200. The van der Waals surface area contributed by atoms with E-state index in [9.17, 15) is 9.59 Å². The van der Waals surface area contributed by atoms with E-state index >= 15 is 0 Å². The van der Waals surface area contributed by atoms with E-state index in [1.807, 2.05) is 30.3 Å². The number of anilines is 5. The molecule has 1 aromatic heterocycles. The van der Waals surface area contributed by atoms with Gasteiger partial charge in [-0.25, -0.2) is 10.5 Å². The molecule has 0 saturated carbocycles. The zero-order valence-electron chi connectivity index (χ0n) is 19.1. The molecule has 3 aromatic rings. The van der Waals surface area contributed by atoms with Gasteiger partial charge in [-0.3, -0.25) is 14.8 Å². The second-order valence-corrected chi connectivity index (χ2v) is 8.46. The molecule has 1 saturated heterocycles. The van der Waals surface area contributed by atoms with E-state index in [-0.39, 0.29) is 17.7 Å². The quantitative estimate of drug-likeness (QED) is 0.248. The van der Waals surface area contributed by atoms with Crippen molar-refractivity contribution < 1.29 is 14.8 Å². The van der Waals surface area contributed by atoms with Gasteiger partial charge in [0.15, 0.2) is 5.82 Å². The highest BCUT2D eigenvalue weighted by Crippen LogP contribution is 2.28. The van der Waals surface area contributed by atoms with E-state index in [0.717, 1.165) is 24.5 Å². The number of carbonyl (C=O) groups excluding carboxylic acids is 2. The number of piperidine rings is 1. The van der Waals surface area contributed by atoms with Gasteiger partial charge in [-0.1, -0.05) is 23.7 Å². The molecule has 4 rings (SSSR count). The monoisotopic (exact) mass is 495 g/mol. The van der Waals surface area contributed by atoms with Crippen molar-refractivity contribution in [1.29, 1.82) is 0 Å². The largest absolute Gasteiger partial charge is 0.371 e. The number of rotatable bonds is 7. The summed E-state index contributed by atoms with van der Waals surface area (Å²) in [4.78, 5) is 34.7. The minimum atomic E-state index is -0.321. The van der Waals surface area contributed by atoms with Crippen molar-refractivity contribution in [2.75, 3.05) is 35.7 Å². The lowest BCUT2D eigenvalue weighted by Gasteiger charge is -2.32. The fraction of sp³-hybridized carbons (Fsp3) is 0.250. The number of para-hydroxylation sites is 1. The van der Waals surface area contributed by atoms with Crippen molar-refractivity contribution in [3.05, 3.63) is 65.3 Å². The van der Waals surface area contributed by atoms with Crippen LogP contribution in [0.25, 0.3) is 0 Å². The Hall–Kier alpha value is -3.89. The van der Waals surface area contributed by atoms with Gasteiger partial charge in [0.05, 0.1) is 17.4 Å². The number of amides is 2. The van der Waals surface area contributed by atoms with Gasteiger partial charge in [0.25, 0.3) is 5.91 Å². The summed E-state index contributed by atoms with van der Waals surface area (Å²) in [5.74, 6) is 0.00551. The summed E-state index contributed by atoms with van der Waals surface area (Å²) in [6.45, 7) is 1.47. The van der Waals surface area contributed by atoms with Crippen LogP contribution in [0.15, 0.2) is 54.7 Å². The second-order valence-electron chi connectivity index (χ2n) is 8.05. The van der Waals surface area contributed by atoms with Crippen molar-refractivity contribution in [3.8, 4) is 0 Å². The smallest absolute Gasteiger partial charge is 0.253 e. The van der Waals surface area contributed by atoms with Crippen molar-refractivity contribution in [3.63, 3.8) is 0 Å². The highest BCUT2D eigenvalue weighted by Gasteiger charge is 2.24. The van der Waals surface area contributed by atoms with Gasteiger partial charge in [-0.2, -0.15) is 4.98 Å². The predicted octanol–water partition coefficient (Wildman–Crippen LogP) is 3.70. The molecule has 1 fully saturated rings. The number of hydrogen-bond donors (Lipinski definition) is 5. The second kappa shape index (κ2) is 11.0. The van der Waals surface area contributed by atoms with Crippen molar-refractivity contribution in [1.82, 2.24) is 20.8 Å². The fourth-order valence-electron chi connectivity index (χ4n) is 3.94. The summed E-state index contributed by atoms with van der Waals surface area (Å²) in [7, 11) is 1.57. The highest BCUT2D eigenvalue weighted by molar-refractivity contribution is 6.33. The molecule has 0 unspecified atom stereocenters. The van der Waals surface area contributed by atoms with Gasteiger partial charge in [0, 0.05) is 37.4 Å². The Morgan fingerprint density at radius 1 is 1.06 bits per heavy atom. The third-order valence-corrected chi connectivity index (χ3v) is 6.14. The summed E-state index contributed by atoms with van der Waals surface area (Å²) in [5.41, 5.74) is 4.62. The molecule has 5 N–H and O–H groups in total. The molecule has 1 aliphatic heterocycles. The van der Waals surface area contributed by atoms with E-state index in [1.54, 1.807) is 30.7 Å². The molecule has 2 amide bonds. The van der Waals surface area contributed by atoms with E-state index < -0.39 is 0 Å². The zero-order chi connectivity index (χ0) is 24.8. The zero-order valence-corrected chi connectivity index (χ0v) is 19.8. The summed E-state index contributed by atoms with van der Waals surface area (Å²) < 4.78 is 0. The molecule has 11 heteroatoms. The van der Waals surface area contributed by atoms with Gasteiger partial charge in [0.2, 0.25) is 11.9 Å². The lowest BCUT2D eigenvalue weighted by atomic mass is 9.96. The van der Waals surface area contributed by atoms with Gasteiger partial charge < -0.3 is 20.9 Å². The standard InChI is InChI=1S/C24H26ClN7O3/c1-26-23(34)18-4-2-3-5-20(18)29-21-19(25)14-27-24(30-21)28-16-6-8-17(9-7-16)32-12-10-15(11-13-32)22(33)31-35/h2-9,14-15,35H,10-13H2,1H3,(H,26,34)(H,31,33)(H2,27,28,29,30). The first kappa shape index (κ1) is 24.2. The summed E-state index contributed by atoms with van der Waals surface area (Å²) in [6, 6.07) is 14.9. The number of aromatic nitrogens is 2. The van der Waals surface area contributed by atoms with Crippen molar-refractivity contribution in [2.45, 2.75) is 12.8 Å². The fourth-order valence-corrected chi connectivity index (χ4v) is 4.08. The number of carbonyl (C=O) groups is 2. The maximum absolute atomic E-state index is 12.2. The predicted molar refractivity (Wildman–Crippen MR) is 135 cm³/mol. The Labute approximate surface area is 207 Å². The van der Waals surface area contributed by atoms with E-state index in [4.69, 9.17) is 16.8 Å². The van der Waals surface area contributed by atoms with Crippen LogP contribution in [0.1, 0.15) is 23.2 Å². The van der Waals surface area contributed by atoms with Crippen LogP contribution in [0, 0.1) is 5.92 Å². The number of nitrogens with zero attached hydrogens (tertiary/aromatic N) is 3. The summed E-state index contributed by atoms with van der Waals surface area (Å²) >= 11 is 6.30. The first-order valence-corrected chi connectivity index (χ1v) is 11.5. The number of benzene rings is 2. The molecule has 0 atom stereocenters. The van der Waals surface area contributed by atoms with Gasteiger partial charge in [0.1, 0.15) is 5.02 Å². The molecule has 2 heterocycles. The number of hydroxylamine groups is 1. The average Bonchev–Trinajstić information content (AvgIpc) is 2.90. The normalized spacial score (nSPS) is 13.7. The van der Waals surface area contributed by atoms with Crippen LogP contribution in [0.2, 0.25) is 5.02 Å². The van der Waals surface area contributed by atoms with Crippen molar-refractivity contribution in [2.24, 2.45) is 5.92 Å². The van der Waals surface area contributed by atoms with E-state index in [2.05, 4.69) is 30.8 Å². The van der Waals surface area contributed by atoms with Crippen LogP contribution < -0.4 is 26.3 Å². The SMILES string of the molecule is CNC(=O)c1ccccc1Nc1nc(Nc2ccc(N3CCC(C(=O)NO)CC3)cc2)ncc1Cl. The van der Waals surface area contributed by atoms with Gasteiger partial charge in [-0.05, 0) is 49.2 Å². The van der Waals surface area contributed by atoms with Gasteiger partial charge in [-0.15, -0.1) is 0 Å². The molecule has 1 aliphatic rings. The van der Waals surface area contributed by atoms with Crippen LogP contribution in [0.3, 0.4) is 0 Å². The van der Waals surface area contributed by atoms with Crippen LogP contribution in [0.5, 0.6) is 0 Å².